The second kappa shape index (κ2) is 3.95. The molecule has 14 heavy (non-hydrogen) atoms. The molecule has 0 unspecified atom stereocenters. The van der Waals surface area contributed by atoms with Gasteiger partial charge < -0.3 is 15.7 Å². The lowest BCUT2D eigenvalue weighted by molar-refractivity contribution is 0.0793. The van der Waals surface area contributed by atoms with E-state index in [1.54, 1.807) is 7.05 Å². The van der Waals surface area contributed by atoms with Gasteiger partial charge in [0.15, 0.2) is 11.4 Å². The Morgan fingerprint density at radius 1 is 1.71 bits per heavy atom. The highest BCUT2D eigenvalue weighted by atomic mass is 16.3. The number of amides is 1. The molecule has 0 spiro atoms. The van der Waals surface area contributed by atoms with Gasteiger partial charge in [-0.15, -0.1) is 0 Å². The molecule has 0 aliphatic rings. The van der Waals surface area contributed by atoms with Crippen molar-refractivity contribution in [1.82, 2.24) is 9.88 Å². The normalized spacial score (nSPS) is 9.86. The number of carbonyl (C=O) groups excluding carboxylic acids is 1. The van der Waals surface area contributed by atoms with Crippen molar-refractivity contribution in [2.45, 2.75) is 6.92 Å². The highest BCUT2D eigenvalue weighted by Gasteiger charge is 2.17. The lowest BCUT2D eigenvalue weighted by atomic mass is 10.2. The van der Waals surface area contributed by atoms with Gasteiger partial charge in [0.2, 0.25) is 0 Å². The number of nitrogens with zero attached hydrogens (tertiary/aromatic N) is 2. The fraction of sp³-hybridized carbons (Fsp3) is 0.333. The van der Waals surface area contributed by atoms with Gasteiger partial charge in [-0.3, -0.25) is 4.79 Å². The van der Waals surface area contributed by atoms with Crippen LogP contribution in [0.15, 0.2) is 12.3 Å². The Bertz CT molecular complexity index is 352. The van der Waals surface area contributed by atoms with Crippen LogP contribution in [0.5, 0.6) is 5.75 Å². The summed E-state index contributed by atoms with van der Waals surface area (Å²) in [5, 5.41) is 9.48. The van der Waals surface area contributed by atoms with E-state index >= 15 is 0 Å². The van der Waals surface area contributed by atoms with Gasteiger partial charge in [-0.05, 0) is 13.0 Å². The lowest BCUT2D eigenvalue weighted by Crippen LogP contribution is -2.27. The summed E-state index contributed by atoms with van der Waals surface area (Å²) >= 11 is 0. The van der Waals surface area contributed by atoms with E-state index in [0.29, 0.717) is 6.54 Å². The molecule has 1 heterocycles. The standard InChI is InChI=1S/C9H13N3O2/c1-3-12(2)9(14)7-8(13)6(10)4-5-11-7/h4-5,13H,3H2,1-2H3,(H2,10,11). The average molecular weight is 195 g/mol. The van der Waals surface area contributed by atoms with E-state index < -0.39 is 0 Å². The first kappa shape index (κ1) is 10.3. The van der Waals surface area contributed by atoms with E-state index in [0.717, 1.165) is 0 Å². The predicted molar refractivity (Wildman–Crippen MR) is 52.9 cm³/mol. The second-order valence-corrected chi connectivity index (χ2v) is 2.92. The van der Waals surface area contributed by atoms with Crippen molar-refractivity contribution in [3.8, 4) is 5.75 Å². The highest BCUT2D eigenvalue weighted by Crippen LogP contribution is 2.22. The van der Waals surface area contributed by atoms with Crippen molar-refractivity contribution < 1.29 is 9.90 Å². The van der Waals surface area contributed by atoms with Crippen LogP contribution in [-0.4, -0.2) is 34.5 Å². The Morgan fingerprint density at radius 3 is 2.93 bits per heavy atom. The third kappa shape index (κ3) is 1.76. The van der Waals surface area contributed by atoms with E-state index in [1.165, 1.54) is 17.2 Å². The maximum absolute atomic E-state index is 11.6. The Hall–Kier alpha value is -1.78. The molecule has 0 aliphatic heterocycles. The molecule has 0 fully saturated rings. The summed E-state index contributed by atoms with van der Waals surface area (Å²) < 4.78 is 0. The van der Waals surface area contributed by atoms with Crippen molar-refractivity contribution in [3.63, 3.8) is 0 Å². The highest BCUT2D eigenvalue weighted by molar-refractivity contribution is 5.96. The second-order valence-electron chi connectivity index (χ2n) is 2.92. The number of aromatic hydroxyl groups is 1. The average Bonchev–Trinajstić information content (AvgIpc) is 2.20. The zero-order chi connectivity index (χ0) is 10.7. The largest absolute Gasteiger partial charge is 0.504 e. The van der Waals surface area contributed by atoms with Gasteiger partial charge in [-0.2, -0.15) is 0 Å². The molecule has 5 nitrogen and oxygen atoms in total. The Labute approximate surface area is 82.2 Å². The molecule has 1 aromatic heterocycles. The molecule has 1 aromatic rings. The minimum atomic E-state index is -0.336. The number of pyridine rings is 1. The smallest absolute Gasteiger partial charge is 0.276 e. The maximum atomic E-state index is 11.6. The molecule has 0 saturated heterocycles. The molecule has 0 aromatic carbocycles. The topological polar surface area (TPSA) is 79.5 Å². The van der Waals surface area contributed by atoms with Crippen molar-refractivity contribution in [2.75, 3.05) is 19.3 Å². The molecular weight excluding hydrogens is 182 g/mol. The molecule has 0 atom stereocenters. The van der Waals surface area contributed by atoms with Gasteiger partial charge in [0.05, 0.1) is 5.69 Å². The molecule has 1 rings (SSSR count). The van der Waals surface area contributed by atoms with Crippen molar-refractivity contribution in [2.24, 2.45) is 0 Å². The van der Waals surface area contributed by atoms with E-state index in [-0.39, 0.29) is 23.0 Å². The number of nitrogen functional groups attached to an aromatic ring is 1. The molecule has 0 aliphatic carbocycles. The molecule has 76 valence electrons. The minimum absolute atomic E-state index is 0.00523. The van der Waals surface area contributed by atoms with Crippen LogP contribution in [0.2, 0.25) is 0 Å². The van der Waals surface area contributed by atoms with Crippen LogP contribution in [0.1, 0.15) is 17.4 Å². The number of hydrogen-bond acceptors (Lipinski definition) is 4. The fourth-order valence-corrected chi connectivity index (χ4v) is 0.950. The fourth-order valence-electron chi connectivity index (χ4n) is 0.950. The van der Waals surface area contributed by atoms with E-state index in [1.807, 2.05) is 6.92 Å². The summed E-state index contributed by atoms with van der Waals surface area (Å²) in [6.07, 6.45) is 1.39. The molecule has 0 saturated carbocycles. The van der Waals surface area contributed by atoms with Gasteiger partial charge in [0.1, 0.15) is 0 Å². The zero-order valence-corrected chi connectivity index (χ0v) is 8.19. The van der Waals surface area contributed by atoms with Gasteiger partial charge in [0.25, 0.3) is 5.91 Å². The number of nitrogens with two attached hydrogens (primary N) is 1. The van der Waals surface area contributed by atoms with Crippen LogP contribution in [0.25, 0.3) is 0 Å². The Morgan fingerprint density at radius 2 is 2.36 bits per heavy atom. The third-order valence-corrected chi connectivity index (χ3v) is 1.98. The van der Waals surface area contributed by atoms with Crippen molar-refractivity contribution >= 4 is 11.6 Å². The third-order valence-electron chi connectivity index (χ3n) is 1.98. The van der Waals surface area contributed by atoms with Crippen LogP contribution in [0.4, 0.5) is 5.69 Å². The van der Waals surface area contributed by atoms with Gasteiger partial charge >= 0.3 is 0 Å². The van der Waals surface area contributed by atoms with Crippen molar-refractivity contribution in [3.05, 3.63) is 18.0 Å². The predicted octanol–water partition coefficient (Wildman–Crippen LogP) is 0.461. The zero-order valence-electron chi connectivity index (χ0n) is 8.19. The first-order valence-corrected chi connectivity index (χ1v) is 4.26. The molecule has 1 amide bonds. The number of anilines is 1. The summed E-state index contributed by atoms with van der Waals surface area (Å²) in [6.45, 7) is 2.38. The van der Waals surface area contributed by atoms with Crippen LogP contribution in [0, 0.1) is 0 Å². The van der Waals surface area contributed by atoms with Crippen LogP contribution >= 0.6 is 0 Å². The lowest BCUT2D eigenvalue weighted by Gasteiger charge is -2.14. The Balaban J connectivity index is 3.07. The van der Waals surface area contributed by atoms with Crippen molar-refractivity contribution in [1.29, 1.82) is 0 Å². The molecular formula is C9H13N3O2. The number of carbonyl (C=O) groups is 1. The molecule has 0 bridgehead atoms. The van der Waals surface area contributed by atoms with E-state index in [4.69, 9.17) is 5.73 Å². The molecule has 3 N–H and O–H groups in total. The van der Waals surface area contributed by atoms with E-state index in [9.17, 15) is 9.90 Å². The van der Waals surface area contributed by atoms with Gasteiger partial charge in [-0.25, -0.2) is 4.98 Å². The van der Waals surface area contributed by atoms with E-state index in [2.05, 4.69) is 4.98 Å². The summed E-state index contributed by atoms with van der Waals surface area (Å²) in [7, 11) is 1.63. The van der Waals surface area contributed by atoms with Crippen LogP contribution in [0.3, 0.4) is 0 Å². The molecule has 5 heteroatoms. The number of rotatable bonds is 2. The Kier molecular flexibility index (Phi) is 2.91. The first-order chi connectivity index (χ1) is 6.57. The van der Waals surface area contributed by atoms with Crippen LogP contribution in [-0.2, 0) is 0 Å². The summed E-state index contributed by atoms with van der Waals surface area (Å²) in [6, 6.07) is 1.44. The summed E-state index contributed by atoms with van der Waals surface area (Å²) in [5.74, 6) is -0.588. The SMILES string of the molecule is CCN(C)C(=O)c1nccc(N)c1O. The first-order valence-electron chi connectivity index (χ1n) is 4.26. The summed E-state index contributed by atoms with van der Waals surface area (Å²) in [5.41, 5.74) is 5.59. The monoisotopic (exact) mass is 195 g/mol. The maximum Gasteiger partial charge on any atom is 0.276 e. The molecule has 0 radical (unpaired) electrons. The van der Waals surface area contributed by atoms with Crippen LogP contribution < -0.4 is 5.73 Å². The number of hydrogen-bond donors (Lipinski definition) is 2. The number of aromatic nitrogens is 1. The van der Waals surface area contributed by atoms with Gasteiger partial charge in [-0.1, -0.05) is 0 Å². The van der Waals surface area contributed by atoms with Gasteiger partial charge in [0, 0.05) is 19.8 Å². The minimum Gasteiger partial charge on any atom is -0.504 e. The quantitative estimate of drug-likeness (QED) is 0.718. The summed E-state index contributed by atoms with van der Waals surface area (Å²) in [4.78, 5) is 16.8.